The van der Waals surface area contributed by atoms with Crippen molar-refractivity contribution in [2.24, 2.45) is 0 Å². The number of aryl methyl sites for hydroxylation is 2. The maximum Gasteiger partial charge on any atom is 0.232 e. The number of thioether (sulfide) groups is 1. The summed E-state index contributed by atoms with van der Waals surface area (Å²) in [5.74, 6) is 1.99. The quantitative estimate of drug-likeness (QED) is 0.827. The van der Waals surface area contributed by atoms with E-state index < -0.39 is 0 Å². The lowest BCUT2D eigenvalue weighted by Crippen LogP contribution is -2.40. The van der Waals surface area contributed by atoms with Crippen LogP contribution in [0.1, 0.15) is 30.9 Å². The van der Waals surface area contributed by atoms with E-state index in [9.17, 15) is 4.79 Å². The van der Waals surface area contributed by atoms with Crippen LogP contribution in [0.5, 0.6) is 0 Å². The number of aromatic nitrogens is 1. The Kier molecular flexibility index (Phi) is 6.37. The Bertz CT molecular complexity index is 399. The fraction of sp³-hybridized carbons (Fsp3) is 0.692. The van der Waals surface area contributed by atoms with Gasteiger partial charge in [0, 0.05) is 23.9 Å². The Hall–Kier alpha value is -1.01. The second-order valence-electron chi connectivity index (χ2n) is 4.70. The lowest BCUT2D eigenvalue weighted by Gasteiger charge is -2.25. The standard InChI is InChI=1S/C13H22N2O3S/c1-9(2)15(5-6-16)13(17)8-19-7-12-10(3)14-18-11(12)4/h9,16H,5-8H2,1-4H3. The third-order valence-electron chi connectivity index (χ3n) is 2.94. The lowest BCUT2D eigenvalue weighted by molar-refractivity contribution is -0.130. The van der Waals surface area contributed by atoms with Gasteiger partial charge in [0.2, 0.25) is 5.91 Å². The SMILES string of the molecule is Cc1noc(C)c1CSCC(=O)N(CCO)C(C)C. The number of amides is 1. The van der Waals surface area contributed by atoms with Gasteiger partial charge in [-0.05, 0) is 27.7 Å². The van der Waals surface area contributed by atoms with Crippen molar-refractivity contribution in [1.82, 2.24) is 10.1 Å². The van der Waals surface area contributed by atoms with Crippen LogP contribution in [-0.2, 0) is 10.5 Å². The summed E-state index contributed by atoms with van der Waals surface area (Å²) in [4.78, 5) is 13.7. The number of hydrogen-bond donors (Lipinski definition) is 1. The van der Waals surface area contributed by atoms with E-state index in [0.29, 0.717) is 12.3 Å². The fourth-order valence-corrected chi connectivity index (χ4v) is 2.87. The first kappa shape index (κ1) is 16.0. The van der Waals surface area contributed by atoms with Crippen LogP contribution in [0.3, 0.4) is 0 Å². The average Bonchev–Trinajstić information content (AvgIpc) is 2.66. The van der Waals surface area contributed by atoms with Gasteiger partial charge in [-0.25, -0.2) is 0 Å². The summed E-state index contributed by atoms with van der Waals surface area (Å²) in [5.41, 5.74) is 1.95. The molecule has 0 aromatic carbocycles. The topological polar surface area (TPSA) is 66.6 Å². The monoisotopic (exact) mass is 286 g/mol. The number of aliphatic hydroxyl groups is 1. The highest BCUT2D eigenvalue weighted by Crippen LogP contribution is 2.19. The summed E-state index contributed by atoms with van der Waals surface area (Å²) < 4.78 is 5.09. The third kappa shape index (κ3) is 4.54. The van der Waals surface area contributed by atoms with Crippen LogP contribution >= 0.6 is 11.8 Å². The minimum atomic E-state index is -0.00153. The highest BCUT2D eigenvalue weighted by atomic mass is 32.2. The van der Waals surface area contributed by atoms with Gasteiger partial charge in [0.1, 0.15) is 5.76 Å². The first-order chi connectivity index (χ1) is 8.97. The molecular weight excluding hydrogens is 264 g/mol. The van der Waals surface area contributed by atoms with E-state index in [1.54, 1.807) is 16.7 Å². The fourth-order valence-electron chi connectivity index (χ4n) is 1.81. The van der Waals surface area contributed by atoms with Crippen molar-refractivity contribution in [3.05, 3.63) is 17.0 Å². The molecule has 1 rings (SSSR count). The average molecular weight is 286 g/mol. The van der Waals surface area contributed by atoms with Crippen LogP contribution in [0.25, 0.3) is 0 Å². The molecule has 1 aromatic rings. The molecule has 0 saturated heterocycles. The zero-order valence-electron chi connectivity index (χ0n) is 12.0. The predicted molar refractivity (Wildman–Crippen MR) is 76.1 cm³/mol. The van der Waals surface area contributed by atoms with Crippen molar-refractivity contribution in [3.63, 3.8) is 0 Å². The summed E-state index contributed by atoms with van der Waals surface area (Å²) in [6.45, 7) is 8.07. The highest BCUT2D eigenvalue weighted by molar-refractivity contribution is 7.99. The molecule has 19 heavy (non-hydrogen) atoms. The molecular formula is C13H22N2O3S. The van der Waals surface area contributed by atoms with Crippen molar-refractivity contribution < 1.29 is 14.4 Å². The maximum atomic E-state index is 12.0. The highest BCUT2D eigenvalue weighted by Gasteiger charge is 2.17. The number of nitrogens with zero attached hydrogens (tertiary/aromatic N) is 2. The molecule has 0 unspecified atom stereocenters. The van der Waals surface area contributed by atoms with Crippen molar-refractivity contribution >= 4 is 17.7 Å². The van der Waals surface area contributed by atoms with Gasteiger partial charge in [-0.15, -0.1) is 11.8 Å². The minimum Gasteiger partial charge on any atom is -0.395 e. The summed E-state index contributed by atoms with van der Waals surface area (Å²) in [7, 11) is 0. The van der Waals surface area contributed by atoms with E-state index >= 15 is 0 Å². The molecule has 0 aliphatic rings. The van der Waals surface area contributed by atoms with Gasteiger partial charge in [-0.3, -0.25) is 4.79 Å². The molecule has 1 heterocycles. The van der Waals surface area contributed by atoms with Crippen LogP contribution in [-0.4, -0.2) is 46.0 Å². The zero-order valence-corrected chi connectivity index (χ0v) is 12.8. The van der Waals surface area contributed by atoms with Crippen molar-refractivity contribution in [2.75, 3.05) is 18.9 Å². The normalized spacial score (nSPS) is 11.1. The van der Waals surface area contributed by atoms with E-state index in [1.807, 2.05) is 27.7 Å². The molecule has 0 bridgehead atoms. The number of aliphatic hydroxyl groups excluding tert-OH is 1. The van der Waals surface area contributed by atoms with Crippen LogP contribution in [0.15, 0.2) is 4.52 Å². The van der Waals surface area contributed by atoms with Gasteiger partial charge in [0.15, 0.2) is 0 Å². The van der Waals surface area contributed by atoms with Crippen LogP contribution in [0.2, 0.25) is 0 Å². The molecule has 0 radical (unpaired) electrons. The van der Waals surface area contributed by atoms with E-state index in [0.717, 1.165) is 22.8 Å². The molecule has 5 nitrogen and oxygen atoms in total. The molecule has 0 aliphatic heterocycles. The van der Waals surface area contributed by atoms with Gasteiger partial charge in [-0.1, -0.05) is 5.16 Å². The van der Waals surface area contributed by atoms with Crippen LogP contribution < -0.4 is 0 Å². The third-order valence-corrected chi connectivity index (χ3v) is 3.88. The molecule has 0 saturated carbocycles. The number of hydrogen-bond acceptors (Lipinski definition) is 5. The van der Waals surface area contributed by atoms with Crippen molar-refractivity contribution in [2.45, 2.75) is 39.5 Å². The van der Waals surface area contributed by atoms with Crippen LogP contribution in [0, 0.1) is 13.8 Å². The summed E-state index contributed by atoms with van der Waals surface area (Å²) >= 11 is 1.55. The molecule has 1 amide bonds. The molecule has 0 aliphatic carbocycles. The second kappa shape index (κ2) is 7.55. The Morgan fingerprint density at radius 1 is 1.47 bits per heavy atom. The Balaban J connectivity index is 2.46. The summed E-state index contributed by atoms with van der Waals surface area (Å²) in [5, 5.41) is 12.9. The molecule has 1 N–H and O–H groups in total. The minimum absolute atomic E-state index is 0.00153. The van der Waals surface area contributed by atoms with Gasteiger partial charge >= 0.3 is 0 Å². The Morgan fingerprint density at radius 3 is 2.63 bits per heavy atom. The number of carbonyl (C=O) groups excluding carboxylic acids is 1. The molecule has 0 spiro atoms. The van der Waals surface area contributed by atoms with E-state index in [2.05, 4.69) is 5.16 Å². The molecule has 1 aromatic heterocycles. The molecule has 108 valence electrons. The van der Waals surface area contributed by atoms with E-state index in [-0.39, 0.29) is 18.6 Å². The van der Waals surface area contributed by atoms with Crippen molar-refractivity contribution in [3.8, 4) is 0 Å². The van der Waals surface area contributed by atoms with Gasteiger partial charge in [0.05, 0.1) is 18.1 Å². The predicted octanol–water partition coefficient (Wildman–Crippen LogP) is 1.75. The summed E-state index contributed by atoms with van der Waals surface area (Å²) in [6, 6.07) is 0.110. The summed E-state index contributed by atoms with van der Waals surface area (Å²) in [6.07, 6.45) is 0. The zero-order chi connectivity index (χ0) is 14.4. The van der Waals surface area contributed by atoms with Gasteiger partial charge in [0.25, 0.3) is 0 Å². The van der Waals surface area contributed by atoms with Gasteiger partial charge < -0.3 is 14.5 Å². The number of rotatable bonds is 7. The Labute approximate surface area is 118 Å². The smallest absolute Gasteiger partial charge is 0.232 e. The van der Waals surface area contributed by atoms with Crippen LogP contribution in [0.4, 0.5) is 0 Å². The maximum absolute atomic E-state index is 12.0. The first-order valence-corrected chi connectivity index (χ1v) is 7.52. The first-order valence-electron chi connectivity index (χ1n) is 6.37. The molecule has 6 heteroatoms. The Morgan fingerprint density at radius 2 is 2.16 bits per heavy atom. The molecule has 0 atom stereocenters. The molecule has 0 fully saturated rings. The lowest BCUT2D eigenvalue weighted by atomic mass is 10.2. The van der Waals surface area contributed by atoms with Crippen molar-refractivity contribution in [1.29, 1.82) is 0 Å². The van der Waals surface area contributed by atoms with E-state index in [4.69, 9.17) is 9.63 Å². The largest absolute Gasteiger partial charge is 0.395 e. The van der Waals surface area contributed by atoms with Gasteiger partial charge in [-0.2, -0.15) is 0 Å². The number of carbonyl (C=O) groups is 1. The van der Waals surface area contributed by atoms with E-state index in [1.165, 1.54) is 0 Å². The second-order valence-corrected chi connectivity index (χ2v) is 5.69.